The first kappa shape index (κ1) is 22.3. The van der Waals surface area contributed by atoms with Crippen LogP contribution in [0.3, 0.4) is 0 Å². The molecular formula is C19H22N5O7P. The van der Waals surface area contributed by atoms with Crippen molar-refractivity contribution in [1.29, 1.82) is 0 Å². The van der Waals surface area contributed by atoms with E-state index in [1.165, 1.54) is 10.8 Å². The number of fused-ring (bicyclic) bond motifs is 1. The minimum absolute atomic E-state index is 0.0646. The van der Waals surface area contributed by atoms with Crippen LogP contribution < -0.4 is 15.8 Å². The second-order valence-corrected chi connectivity index (χ2v) is 9.39. The molecule has 0 radical (unpaired) electrons. The quantitative estimate of drug-likeness (QED) is 0.309. The molecule has 0 amide bonds. The molecular weight excluding hydrogens is 441 g/mol. The number of rotatable bonds is 5. The first-order chi connectivity index (χ1) is 15.2. The van der Waals surface area contributed by atoms with Crippen LogP contribution >= 0.6 is 7.82 Å². The van der Waals surface area contributed by atoms with E-state index in [1.54, 1.807) is 6.92 Å². The number of nitrogens with one attached hydrogen (secondary N) is 1. The average molecular weight is 463 g/mol. The first-order valence-corrected chi connectivity index (χ1v) is 11.4. The van der Waals surface area contributed by atoms with E-state index in [9.17, 15) is 14.2 Å². The van der Waals surface area contributed by atoms with Crippen molar-refractivity contribution in [2.24, 2.45) is 5.11 Å². The van der Waals surface area contributed by atoms with Gasteiger partial charge in [0.1, 0.15) is 12.0 Å². The van der Waals surface area contributed by atoms with Gasteiger partial charge in [-0.25, -0.2) is 9.36 Å². The molecule has 2 aromatic rings. The number of phosphoric ester groups is 1. The van der Waals surface area contributed by atoms with Gasteiger partial charge in [-0.05, 0) is 31.9 Å². The first-order valence-electron chi connectivity index (χ1n) is 9.89. The van der Waals surface area contributed by atoms with E-state index in [0.717, 1.165) is 16.7 Å². The number of aromatic nitrogens is 2. The molecule has 170 valence electrons. The molecule has 3 heterocycles. The molecule has 12 nitrogen and oxygen atoms in total. The fraction of sp³-hybridized carbons (Fsp3) is 0.474. The molecule has 4 rings (SSSR count). The number of azide groups is 1. The molecule has 1 aromatic carbocycles. The number of phosphoric acid groups is 1. The lowest BCUT2D eigenvalue weighted by molar-refractivity contribution is -0.0288. The summed E-state index contributed by atoms with van der Waals surface area (Å²) in [7, 11) is -3.93. The third kappa shape index (κ3) is 4.36. The molecule has 1 N–H and O–H groups in total. The summed E-state index contributed by atoms with van der Waals surface area (Å²) in [6.45, 7) is 5.15. The zero-order valence-electron chi connectivity index (χ0n) is 17.7. The molecule has 1 fully saturated rings. The number of hydrogen-bond donors (Lipinski definition) is 1. The highest BCUT2D eigenvalue weighted by Crippen LogP contribution is 2.55. The number of benzene rings is 1. The molecule has 32 heavy (non-hydrogen) atoms. The maximum absolute atomic E-state index is 13.0. The molecule has 1 unspecified atom stereocenters. The molecule has 1 aromatic heterocycles. The third-order valence-corrected chi connectivity index (χ3v) is 6.65. The zero-order valence-corrected chi connectivity index (χ0v) is 18.6. The maximum Gasteiger partial charge on any atom is 0.530 e. The summed E-state index contributed by atoms with van der Waals surface area (Å²) < 4.78 is 36.5. The van der Waals surface area contributed by atoms with E-state index in [4.69, 9.17) is 23.8 Å². The van der Waals surface area contributed by atoms with E-state index in [0.29, 0.717) is 11.3 Å². The van der Waals surface area contributed by atoms with Crippen molar-refractivity contribution in [3.63, 3.8) is 0 Å². The highest BCUT2D eigenvalue weighted by molar-refractivity contribution is 7.49. The van der Waals surface area contributed by atoms with Crippen LogP contribution in [0.15, 0.2) is 33.0 Å². The lowest BCUT2D eigenvalue weighted by Crippen LogP contribution is -2.33. The van der Waals surface area contributed by atoms with E-state index in [-0.39, 0.29) is 19.6 Å². The normalized spacial score (nSPS) is 26.8. The van der Waals surface area contributed by atoms with Crippen LogP contribution in [0.25, 0.3) is 10.4 Å². The summed E-state index contributed by atoms with van der Waals surface area (Å²) in [4.78, 5) is 28.8. The van der Waals surface area contributed by atoms with Crippen molar-refractivity contribution in [3.05, 3.63) is 71.9 Å². The van der Waals surface area contributed by atoms with Crippen LogP contribution in [0.1, 0.15) is 34.9 Å². The topological polar surface area (TPSA) is 158 Å². The summed E-state index contributed by atoms with van der Waals surface area (Å²) in [6, 6.07) is 3.09. The molecule has 0 spiro atoms. The van der Waals surface area contributed by atoms with Gasteiger partial charge in [-0.2, -0.15) is 0 Å². The van der Waals surface area contributed by atoms with Crippen molar-refractivity contribution >= 4 is 7.82 Å². The Morgan fingerprint density at radius 3 is 2.84 bits per heavy atom. The van der Waals surface area contributed by atoms with Crippen LogP contribution in [0, 0.1) is 20.8 Å². The molecule has 4 atom stereocenters. The van der Waals surface area contributed by atoms with Gasteiger partial charge >= 0.3 is 13.5 Å². The molecule has 2 aliphatic rings. The fourth-order valence-electron chi connectivity index (χ4n) is 3.82. The Balaban J connectivity index is 1.50. The third-order valence-electron chi connectivity index (χ3n) is 5.33. The van der Waals surface area contributed by atoms with Gasteiger partial charge in [-0.1, -0.05) is 22.8 Å². The smallest absolute Gasteiger partial charge is 0.403 e. The highest BCUT2D eigenvalue weighted by atomic mass is 31.2. The lowest BCUT2D eigenvalue weighted by atomic mass is 10.1. The summed E-state index contributed by atoms with van der Waals surface area (Å²) in [6.07, 6.45) is -0.0772. The Hall–Kier alpha value is -2.88. The van der Waals surface area contributed by atoms with E-state index < -0.39 is 37.4 Å². The van der Waals surface area contributed by atoms with Gasteiger partial charge in [0.25, 0.3) is 5.56 Å². The van der Waals surface area contributed by atoms with Gasteiger partial charge in [0, 0.05) is 28.7 Å². The Morgan fingerprint density at radius 2 is 2.09 bits per heavy atom. The molecule has 0 bridgehead atoms. The van der Waals surface area contributed by atoms with Gasteiger partial charge in [-0.3, -0.25) is 23.4 Å². The van der Waals surface area contributed by atoms with Crippen LogP contribution in [0.5, 0.6) is 5.75 Å². The van der Waals surface area contributed by atoms with E-state index in [1.807, 2.05) is 26.0 Å². The number of aromatic amines is 1. The number of ether oxygens (including phenoxy) is 1. The maximum atomic E-state index is 13.0. The van der Waals surface area contributed by atoms with Crippen LogP contribution in [-0.4, -0.2) is 28.3 Å². The Morgan fingerprint density at radius 1 is 1.31 bits per heavy atom. The lowest BCUT2D eigenvalue weighted by Gasteiger charge is -2.27. The van der Waals surface area contributed by atoms with Crippen LogP contribution in [0.4, 0.5) is 0 Å². The summed E-state index contributed by atoms with van der Waals surface area (Å²) in [5, 5.41) is 3.71. The van der Waals surface area contributed by atoms with E-state index >= 15 is 0 Å². The van der Waals surface area contributed by atoms with Gasteiger partial charge in [0.2, 0.25) is 0 Å². The predicted molar refractivity (Wildman–Crippen MR) is 112 cm³/mol. The second-order valence-electron chi connectivity index (χ2n) is 7.79. The Labute approximate surface area is 182 Å². The monoisotopic (exact) mass is 463 g/mol. The molecule has 0 saturated carbocycles. The van der Waals surface area contributed by atoms with Gasteiger partial charge in [0.05, 0.1) is 25.4 Å². The minimum Gasteiger partial charge on any atom is -0.403 e. The summed E-state index contributed by atoms with van der Waals surface area (Å²) in [5.74, 6) is 0.456. The SMILES string of the molecule is Cc1cc(C)c2c(c1)COP(=O)(OC[C@H]1O[C@@H](n3cc(C)c(=O)[nH]c3=O)C[C@@H]1N=[N+]=[N-])O2. The van der Waals surface area contributed by atoms with Crippen molar-refractivity contribution in [3.8, 4) is 5.75 Å². The number of nitrogens with zero attached hydrogens (tertiary/aromatic N) is 4. The standard InChI is InChI=1S/C19H22N5O7P/c1-10-4-11(2)17-13(5-10)8-28-32(27,31-17)29-9-15-14(22-23-20)6-16(30-15)24-7-12(3)18(25)21-19(24)26/h4-5,7,14-16H,6,8-9H2,1-3H3,(H,21,25,26)/t14-,15+,16+,32?/m0/s1. The molecule has 13 heteroatoms. The summed E-state index contributed by atoms with van der Waals surface area (Å²) >= 11 is 0. The van der Waals surface area contributed by atoms with Gasteiger partial charge < -0.3 is 9.26 Å². The predicted octanol–water partition coefficient (Wildman–Crippen LogP) is 3.16. The fourth-order valence-corrected chi connectivity index (χ4v) is 5.11. The number of aryl methyl sites for hydroxylation is 3. The van der Waals surface area contributed by atoms with Crippen LogP contribution in [0.2, 0.25) is 0 Å². The average Bonchev–Trinajstić information content (AvgIpc) is 3.13. The van der Waals surface area contributed by atoms with Crippen molar-refractivity contribution in [1.82, 2.24) is 9.55 Å². The van der Waals surface area contributed by atoms with E-state index in [2.05, 4.69) is 15.0 Å². The molecule has 1 saturated heterocycles. The number of H-pyrrole nitrogens is 1. The number of hydrogen-bond acceptors (Lipinski definition) is 8. The zero-order chi connectivity index (χ0) is 23.0. The van der Waals surface area contributed by atoms with Crippen molar-refractivity contribution in [2.75, 3.05) is 6.61 Å². The Bertz CT molecular complexity index is 1270. The van der Waals surface area contributed by atoms with Gasteiger partial charge in [0.15, 0.2) is 0 Å². The second kappa shape index (κ2) is 8.57. The van der Waals surface area contributed by atoms with Crippen molar-refractivity contribution < 1.29 is 22.9 Å². The van der Waals surface area contributed by atoms with Crippen LogP contribution in [-0.2, 0) is 25.0 Å². The highest BCUT2D eigenvalue weighted by Gasteiger charge is 2.41. The van der Waals surface area contributed by atoms with Crippen molar-refractivity contribution in [2.45, 2.75) is 52.2 Å². The molecule has 2 aliphatic heterocycles. The summed E-state index contributed by atoms with van der Waals surface area (Å²) in [5.41, 5.74) is 10.7. The Kier molecular flexibility index (Phi) is 5.98. The largest absolute Gasteiger partial charge is 0.530 e. The molecule has 0 aliphatic carbocycles. The minimum atomic E-state index is -3.93. The van der Waals surface area contributed by atoms with Gasteiger partial charge in [-0.15, -0.1) is 0 Å².